The van der Waals surface area contributed by atoms with Crippen LogP contribution in [0, 0.1) is 0 Å². The Morgan fingerprint density at radius 3 is 2.64 bits per heavy atom. The lowest BCUT2D eigenvalue weighted by atomic mass is 10.1. The first-order valence-electron chi connectivity index (χ1n) is 8.17. The van der Waals surface area contributed by atoms with E-state index in [1.165, 1.54) is 0 Å². The average Bonchev–Trinajstić information content (AvgIpc) is 2.66. The highest BCUT2D eigenvalue weighted by Gasteiger charge is 2.12. The smallest absolute Gasteiger partial charge is 0.257 e. The third-order valence-corrected chi connectivity index (χ3v) is 3.77. The molecule has 0 spiro atoms. The molecule has 25 heavy (non-hydrogen) atoms. The van der Waals surface area contributed by atoms with Crippen molar-refractivity contribution in [2.24, 2.45) is 0 Å². The topological polar surface area (TPSA) is 66.0 Å². The number of rotatable bonds is 7. The highest BCUT2D eigenvalue weighted by atomic mass is 16.6. The second kappa shape index (κ2) is 8.28. The van der Waals surface area contributed by atoms with Crippen LogP contribution < -0.4 is 24.3 Å². The molecule has 0 aliphatic carbocycles. The number of carbonyl (C=O) groups excluding carboxylic acids is 1. The molecular formula is C19H21NO5. The van der Waals surface area contributed by atoms with Gasteiger partial charge in [0, 0.05) is 6.54 Å². The summed E-state index contributed by atoms with van der Waals surface area (Å²) < 4.78 is 21.7. The number of fused-ring (bicyclic) bond motifs is 1. The number of hydrogen-bond acceptors (Lipinski definition) is 5. The predicted molar refractivity (Wildman–Crippen MR) is 92.6 cm³/mol. The van der Waals surface area contributed by atoms with Gasteiger partial charge in [0.15, 0.2) is 29.6 Å². The van der Waals surface area contributed by atoms with E-state index in [9.17, 15) is 4.79 Å². The zero-order chi connectivity index (χ0) is 17.5. The van der Waals surface area contributed by atoms with Crippen LogP contribution in [0.15, 0.2) is 42.5 Å². The molecule has 2 aromatic carbocycles. The molecule has 1 heterocycles. The first-order valence-corrected chi connectivity index (χ1v) is 8.17. The third-order valence-electron chi connectivity index (χ3n) is 3.77. The van der Waals surface area contributed by atoms with Gasteiger partial charge in [-0.2, -0.15) is 0 Å². The lowest BCUT2D eigenvalue weighted by molar-refractivity contribution is -0.123. The van der Waals surface area contributed by atoms with Gasteiger partial charge in [-0.1, -0.05) is 18.2 Å². The Hall–Kier alpha value is -2.89. The number of para-hydroxylation sites is 2. The molecule has 0 fully saturated rings. The van der Waals surface area contributed by atoms with Crippen molar-refractivity contribution in [3.05, 3.63) is 48.0 Å². The van der Waals surface area contributed by atoms with E-state index >= 15 is 0 Å². The summed E-state index contributed by atoms with van der Waals surface area (Å²) in [6.45, 7) is 1.61. The maximum absolute atomic E-state index is 11.9. The van der Waals surface area contributed by atoms with Gasteiger partial charge in [-0.3, -0.25) is 4.79 Å². The van der Waals surface area contributed by atoms with Gasteiger partial charge >= 0.3 is 0 Å². The van der Waals surface area contributed by atoms with Crippen molar-refractivity contribution in [1.82, 2.24) is 5.32 Å². The first-order chi connectivity index (χ1) is 12.3. The highest BCUT2D eigenvalue weighted by molar-refractivity contribution is 5.77. The number of ether oxygens (including phenoxy) is 4. The molecule has 6 heteroatoms. The SMILES string of the molecule is COc1ccccc1OCC(=O)NCCc1ccc2c(c1)OCCO2. The lowest BCUT2D eigenvalue weighted by Crippen LogP contribution is -2.30. The van der Waals surface area contributed by atoms with Gasteiger partial charge in [-0.05, 0) is 36.2 Å². The zero-order valence-corrected chi connectivity index (χ0v) is 14.1. The van der Waals surface area contributed by atoms with Gasteiger partial charge < -0.3 is 24.3 Å². The summed E-state index contributed by atoms with van der Waals surface area (Å²) in [5.74, 6) is 2.50. The Bertz CT molecular complexity index is 732. The minimum absolute atomic E-state index is 0.0541. The fraction of sp³-hybridized carbons (Fsp3) is 0.316. The molecule has 132 valence electrons. The van der Waals surface area contributed by atoms with Gasteiger partial charge in [-0.15, -0.1) is 0 Å². The predicted octanol–water partition coefficient (Wildman–Crippen LogP) is 2.20. The quantitative estimate of drug-likeness (QED) is 0.835. The molecule has 0 unspecified atom stereocenters. The summed E-state index contributed by atoms with van der Waals surface area (Å²) in [7, 11) is 1.57. The standard InChI is InChI=1S/C19H21NO5/c1-22-15-4-2-3-5-16(15)25-13-19(21)20-9-8-14-6-7-17-18(12-14)24-11-10-23-17/h2-7,12H,8-11,13H2,1H3,(H,20,21). The normalized spacial score (nSPS) is 12.4. The Balaban J connectivity index is 1.43. The summed E-state index contributed by atoms with van der Waals surface area (Å²) >= 11 is 0. The molecule has 0 atom stereocenters. The molecule has 1 N–H and O–H groups in total. The van der Waals surface area contributed by atoms with Crippen LogP contribution in [0.3, 0.4) is 0 Å². The van der Waals surface area contributed by atoms with Crippen LogP contribution >= 0.6 is 0 Å². The number of nitrogens with one attached hydrogen (secondary N) is 1. The Kier molecular flexibility index (Phi) is 5.61. The Morgan fingerprint density at radius 2 is 1.84 bits per heavy atom. The van der Waals surface area contributed by atoms with E-state index in [-0.39, 0.29) is 12.5 Å². The van der Waals surface area contributed by atoms with Crippen molar-refractivity contribution in [2.75, 3.05) is 33.5 Å². The molecule has 6 nitrogen and oxygen atoms in total. The number of carbonyl (C=O) groups is 1. The summed E-state index contributed by atoms with van der Waals surface area (Å²) in [5, 5.41) is 2.84. The van der Waals surface area contributed by atoms with Crippen molar-refractivity contribution in [1.29, 1.82) is 0 Å². The lowest BCUT2D eigenvalue weighted by Gasteiger charge is -2.18. The molecule has 0 saturated heterocycles. The van der Waals surface area contributed by atoms with Crippen LogP contribution in [0.2, 0.25) is 0 Å². The number of amides is 1. The molecule has 3 rings (SSSR count). The summed E-state index contributed by atoms with van der Waals surface area (Å²) in [4.78, 5) is 11.9. The molecule has 2 aromatic rings. The van der Waals surface area contributed by atoms with Crippen LogP contribution in [-0.2, 0) is 11.2 Å². The second-order valence-electron chi connectivity index (χ2n) is 5.52. The van der Waals surface area contributed by atoms with Gasteiger partial charge in [0.2, 0.25) is 0 Å². The Morgan fingerprint density at radius 1 is 1.08 bits per heavy atom. The monoisotopic (exact) mass is 343 g/mol. The highest BCUT2D eigenvalue weighted by Crippen LogP contribution is 2.30. The average molecular weight is 343 g/mol. The minimum atomic E-state index is -0.177. The van der Waals surface area contributed by atoms with Gasteiger partial charge in [0.25, 0.3) is 5.91 Å². The molecule has 1 amide bonds. The molecule has 0 aromatic heterocycles. The van der Waals surface area contributed by atoms with Crippen molar-refractivity contribution < 1.29 is 23.7 Å². The molecule has 0 saturated carbocycles. The summed E-state index contributed by atoms with van der Waals surface area (Å²) in [5.41, 5.74) is 1.08. The molecular weight excluding hydrogens is 322 g/mol. The molecule has 0 radical (unpaired) electrons. The molecule has 1 aliphatic rings. The summed E-state index contributed by atoms with van der Waals surface area (Å²) in [6.07, 6.45) is 0.705. The van der Waals surface area contributed by atoms with E-state index in [0.29, 0.717) is 37.7 Å². The van der Waals surface area contributed by atoms with Gasteiger partial charge in [-0.25, -0.2) is 0 Å². The number of hydrogen-bond donors (Lipinski definition) is 1. The zero-order valence-electron chi connectivity index (χ0n) is 14.1. The van der Waals surface area contributed by atoms with Crippen molar-refractivity contribution in [2.45, 2.75) is 6.42 Å². The fourth-order valence-electron chi connectivity index (χ4n) is 2.52. The number of benzene rings is 2. The van der Waals surface area contributed by atoms with Crippen molar-refractivity contribution >= 4 is 5.91 Å². The van der Waals surface area contributed by atoms with E-state index in [0.717, 1.165) is 17.1 Å². The first kappa shape index (κ1) is 17.0. The van der Waals surface area contributed by atoms with Crippen LogP contribution in [-0.4, -0.2) is 39.4 Å². The summed E-state index contributed by atoms with van der Waals surface area (Å²) in [6, 6.07) is 13.1. The van der Waals surface area contributed by atoms with E-state index < -0.39 is 0 Å². The molecule has 0 bridgehead atoms. The van der Waals surface area contributed by atoms with Crippen LogP contribution in [0.25, 0.3) is 0 Å². The van der Waals surface area contributed by atoms with Crippen molar-refractivity contribution in [3.8, 4) is 23.0 Å². The van der Waals surface area contributed by atoms with Crippen molar-refractivity contribution in [3.63, 3.8) is 0 Å². The maximum Gasteiger partial charge on any atom is 0.257 e. The van der Waals surface area contributed by atoms with Crippen LogP contribution in [0.4, 0.5) is 0 Å². The Labute approximate surface area is 146 Å². The third kappa shape index (κ3) is 4.56. The number of methoxy groups -OCH3 is 1. The van der Waals surface area contributed by atoms with E-state index in [4.69, 9.17) is 18.9 Å². The van der Waals surface area contributed by atoms with E-state index in [1.54, 1.807) is 19.2 Å². The fourth-order valence-corrected chi connectivity index (χ4v) is 2.52. The van der Waals surface area contributed by atoms with Gasteiger partial charge in [0.1, 0.15) is 13.2 Å². The van der Waals surface area contributed by atoms with Gasteiger partial charge in [0.05, 0.1) is 7.11 Å². The van der Waals surface area contributed by atoms with Crippen LogP contribution in [0.1, 0.15) is 5.56 Å². The van der Waals surface area contributed by atoms with E-state index in [1.807, 2.05) is 30.3 Å². The van der Waals surface area contributed by atoms with Crippen LogP contribution in [0.5, 0.6) is 23.0 Å². The minimum Gasteiger partial charge on any atom is -0.493 e. The van der Waals surface area contributed by atoms with E-state index in [2.05, 4.69) is 5.32 Å². The molecule has 1 aliphatic heterocycles. The maximum atomic E-state index is 11.9. The second-order valence-corrected chi connectivity index (χ2v) is 5.52. The largest absolute Gasteiger partial charge is 0.493 e.